The third kappa shape index (κ3) is 2.50. The average molecular weight is 258 g/mol. The molecule has 0 aromatic heterocycles. The molecule has 0 spiro atoms. The number of rotatable bonds is 4. The zero-order chi connectivity index (χ0) is 14.0. The molecular formula is C10H10O8. The number of aromatic carboxylic acids is 1. The van der Waals surface area contributed by atoms with Crippen LogP contribution in [0.15, 0.2) is 12.1 Å². The summed E-state index contributed by atoms with van der Waals surface area (Å²) in [5.74, 6) is -4.86. The Morgan fingerprint density at radius 2 is 1.44 bits per heavy atom. The fourth-order valence-corrected chi connectivity index (χ4v) is 1.34. The van der Waals surface area contributed by atoms with Crippen molar-refractivity contribution in [2.75, 3.05) is 0 Å². The predicted octanol–water partition coefficient (Wildman–Crippen LogP) is -0.725. The summed E-state index contributed by atoms with van der Waals surface area (Å²) >= 11 is 0. The first-order valence-corrected chi connectivity index (χ1v) is 4.63. The van der Waals surface area contributed by atoms with Crippen LogP contribution in [0.1, 0.15) is 22.0 Å². The number of hydrogen-bond acceptors (Lipinski definition) is 6. The molecule has 8 nitrogen and oxygen atoms in total. The fraction of sp³-hybridized carbons (Fsp3) is 0.200. The van der Waals surface area contributed by atoms with E-state index in [1.54, 1.807) is 0 Å². The summed E-state index contributed by atoms with van der Waals surface area (Å²) in [5.41, 5.74) is -1.11. The molecule has 0 aliphatic carbocycles. The zero-order valence-corrected chi connectivity index (χ0v) is 8.81. The van der Waals surface area contributed by atoms with Crippen LogP contribution in [0.25, 0.3) is 0 Å². The Kier molecular flexibility index (Phi) is 3.74. The Morgan fingerprint density at radius 3 is 1.78 bits per heavy atom. The summed E-state index contributed by atoms with van der Waals surface area (Å²) in [7, 11) is 0. The van der Waals surface area contributed by atoms with Crippen molar-refractivity contribution in [2.24, 2.45) is 0 Å². The Labute approximate surface area is 100.0 Å². The van der Waals surface area contributed by atoms with E-state index >= 15 is 0 Å². The van der Waals surface area contributed by atoms with Crippen molar-refractivity contribution >= 4 is 11.9 Å². The van der Waals surface area contributed by atoms with Gasteiger partial charge in [-0.1, -0.05) is 0 Å². The summed E-state index contributed by atoms with van der Waals surface area (Å²) in [5, 5.41) is 54.5. The van der Waals surface area contributed by atoms with Crippen LogP contribution < -0.4 is 0 Å². The highest BCUT2D eigenvalue weighted by molar-refractivity contribution is 5.89. The monoisotopic (exact) mass is 258 g/mol. The van der Waals surface area contributed by atoms with Crippen LogP contribution in [0.2, 0.25) is 0 Å². The first-order chi connectivity index (χ1) is 8.25. The van der Waals surface area contributed by atoms with Crippen molar-refractivity contribution in [3.63, 3.8) is 0 Å². The minimum Gasteiger partial charge on any atom is -0.507 e. The number of phenols is 2. The van der Waals surface area contributed by atoms with Gasteiger partial charge in [0.05, 0.1) is 11.1 Å². The molecule has 0 aliphatic rings. The smallest absolute Gasteiger partial charge is 0.335 e. The first-order valence-electron chi connectivity index (χ1n) is 4.63. The largest absolute Gasteiger partial charge is 0.507 e. The number of aliphatic hydroxyl groups excluding tert-OH is 2. The molecule has 1 aromatic rings. The number of carboxylic acid groups (broad SMARTS) is 2. The zero-order valence-electron chi connectivity index (χ0n) is 8.81. The first kappa shape index (κ1) is 13.7. The molecule has 0 fully saturated rings. The van der Waals surface area contributed by atoms with Crippen molar-refractivity contribution in [1.29, 1.82) is 0 Å². The molecule has 2 unspecified atom stereocenters. The summed E-state index contributed by atoms with van der Waals surface area (Å²) in [4.78, 5) is 21.0. The second-order valence-corrected chi connectivity index (χ2v) is 3.46. The molecule has 0 bridgehead atoms. The van der Waals surface area contributed by atoms with Gasteiger partial charge in [-0.2, -0.15) is 0 Å². The van der Waals surface area contributed by atoms with E-state index in [1.165, 1.54) is 0 Å². The summed E-state index contributed by atoms with van der Waals surface area (Å²) in [6.45, 7) is 0. The van der Waals surface area contributed by atoms with E-state index in [2.05, 4.69) is 0 Å². The highest BCUT2D eigenvalue weighted by Crippen LogP contribution is 2.35. The van der Waals surface area contributed by atoms with E-state index < -0.39 is 46.8 Å². The molecule has 0 heterocycles. The maximum absolute atomic E-state index is 10.6. The van der Waals surface area contributed by atoms with E-state index in [1.807, 2.05) is 0 Å². The Bertz CT molecular complexity index is 472. The summed E-state index contributed by atoms with van der Waals surface area (Å²) in [6.07, 6.45) is -4.36. The second kappa shape index (κ2) is 4.90. The van der Waals surface area contributed by atoms with Gasteiger partial charge in [-0.15, -0.1) is 0 Å². The summed E-state index contributed by atoms with van der Waals surface area (Å²) in [6, 6.07) is 1.43. The maximum Gasteiger partial charge on any atom is 0.335 e. The number of carboxylic acids is 2. The molecule has 1 aromatic carbocycles. The van der Waals surface area contributed by atoms with Gasteiger partial charge >= 0.3 is 11.9 Å². The minimum atomic E-state index is -2.27. The molecule has 0 saturated heterocycles. The lowest BCUT2D eigenvalue weighted by Gasteiger charge is -2.17. The fourth-order valence-electron chi connectivity index (χ4n) is 1.34. The number of carbonyl (C=O) groups is 2. The minimum absolute atomic E-state index is 0.453. The van der Waals surface area contributed by atoms with Gasteiger partial charge in [0.2, 0.25) is 0 Å². The van der Waals surface area contributed by atoms with Crippen LogP contribution in [0, 0.1) is 0 Å². The van der Waals surface area contributed by atoms with Crippen molar-refractivity contribution < 1.29 is 40.2 Å². The van der Waals surface area contributed by atoms with Crippen LogP contribution in [-0.2, 0) is 4.79 Å². The van der Waals surface area contributed by atoms with Crippen molar-refractivity contribution in [2.45, 2.75) is 12.2 Å². The maximum atomic E-state index is 10.6. The van der Waals surface area contributed by atoms with E-state index in [9.17, 15) is 24.9 Å². The van der Waals surface area contributed by atoms with E-state index in [-0.39, 0.29) is 0 Å². The molecule has 1 rings (SSSR count). The Morgan fingerprint density at radius 1 is 1.00 bits per heavy atom. The molecule has 8 heteroatoms. The predicted molar refractivity (Wildman–Crippen MR) is 55.3 cm³/mol. The van der Waals surface area contributed by atoms with Gasteiger partial charge < -0.3 is 30.6 Å². The quantitative estimate of drug-likeness (QED) is 0.413. The van der Waals surface area contributed by atoms with E-state index in [0.29, 0.717) is 0 Å². The molecule has 0 radical (unpaired) electrons. The van der Waals surface area contributed by atoms with Crippen LogP contribution >= 0.6 is 0 Å². The molecule has 0 saturated carbocycles. The summed E-state index contributed by atoms with van der Waals surface area (Å²) < 4.78 is 0. The standard InChI is InChI=1S/C10H10O8/c11-4-1-3(9(15)16)2-5(12)6(4)7(13)8(14)10(17)18/h1-2,7-8,11-14H,(H,15,16)(H,17,18). The van der Waals surface area contributed by atoms with Crippen molar-refractivity contribution in [3.8, 4) is 11.5 Å². The van der Waals surface area contributed by atoms with Crippen molar-refractivity contribution in [3.05, 3.63) is 23.3 Å². The van der Waals surface area contributed by atoms with Gasteiger partial charge in [0.15, 0.2) is 6.10 Å². The number of phenolic OH excluding ortho intramolecular Hbond substituents is 2. The number of benzene rings is 1. The molecule has 98 valence electrons. The molecule has 6 N–H and O–H groups in total. The lowest BCUT2D eigenvalue weighted by molar-refractivity contribution is -0.153. The van der Waals surface area contributed by atoms with Gasteiger partial charge in [0.25, 0.3) is 0 Å². The number of aliphatic carboxylic acids is 1. The molecule has 0 amide bonds. The highest BCUT2D eigenvalue weighted by Gasteiger charge is 2.30. The van der Waals surface area contributed by atoms with Gasteiger partial charge in [0.1, 0.15) is 17.6 Å². The number of hydrogen-bond donors (Lipinski definition) is 6. The van der Waals surface area contributed by atoms with Crippen molar-refractivity contribution in [1.82, 2.24) is 0 Å². The van der Waals surface area contributed by atoms with Gasteiger partial charge in [-0.05, 0) is 12.1 Å². The Hall–Kier alpha value is -2.32. The van der Waals surface area contributed by atoms with Crippen LogP contribution in [-0.4, -0.2) is 48.7 Å². The second-order valence-electron chi connectivity index (χ2n) is 3.46. The SMILES string of the molecule is O=C(O)c1cc(O)c(C(O)C(O)C(=O)O)c(O)c1. The van der Waals surface area contributed by atoms with Crippen LogP contribution in [0.4, 0.5) is 0 Å². The van der Waals surface area contributed by atoms with Gasteiger partial charge in [-0.25, -0.2) is 9.59 Å². The normalized spacial score (nSPS) is 13.9. The van der Waals surface area contributed by atoms with E-state index in [0.717, 1.165) is 12.1 Å². The highest BCUT2D eigenvalue weighted by atomic mass is 16.4. The number of aromatic hydroxyl groups is 2. The average Bonchev–Trinajstić information content (AvgIpc) is 2.26. The molecular weight excluding hydrogens is 248 g/mol. The Balaban J connectivity index is 3.26. The lowest BCUT2D eigenvalue weighted by atomic mass is 10.00. The van der Waals surface area contributed by atoms with E-state index in [4.69, 9.17) is 15.3 Å². The van der Waals surface area contributed by atoms with Gasteiger partial charge in [0, 0.05) is 0 Å². The van der Waals surface area contributed by atoms with Crippen LogP contribution in [0.3, 0.4) is 0 Å². The molecule has 18 heavy (non-hydrogen) atoms. The van der Waals surface area contributed by atoms with Crippen LogP contribution in [0.5, 0.6) is 11.5 Å². The lowest BCUT2D eigenvalue weighted by Crippen LogP contribution is -2.27. The third-order valence-electron chi connectivity index (χ3n) is 2.23. The topological polar surface area (TPSA) is 156 Å². The van der Waals surface area contributed by atoms with Gasteiger partial charge in [-0.3, -0.25) is 0 Å². The molecule has 2 atom stereocenters. The third-order valence-corrected chi connectivity index (χ3v) is 2.23. The molecule has 0 aliphatic heterocycles. The number of aliphatic hydroxyl groups is 2.